The van der Waals surface area contributed by atoms with Crippen LogP contribution < -0.4 is 5.32 Å². The van der Waals surface area contributed by atoms with Crippen molar-refractivity contribution in [1.29, 1.82) is 5.26 Å². The number of amidine groups is 1. The average molecular weight is 279 g/mol. The van der Waals surface area contributed by atoms with Crippen molar-refractivity contribution in [2.75, 3.05) is 11.9 Å². The van der Waals surface area contributed by atoms with E-state index in [1.54, 1.807) is 17.8 Å². The van der Waals surface area contributed by atoms with Gasteiger partial charge in [0.05, 0.1) is 23.4 Å². The number of aliphatic imine (C=N–C) groups is 1. The van der Waals surface area contributed by atoms with Gasteiger partial charge in [-0.05, 0) is 23.8 Å². The lowest BCUT2D eigenvalue weighted by molar-refractivity contribution is 0.966. The maximum absolute atomic E-state index is 8.90. The minimum absolute atomic E-state index is 0.373. The zero-order valence-electron chi connectivity index (χ0n) is 10.8. The topological polar surface area (TPSA) is 48.2 Å². The molecule has 0 amide bonds. The van der Waals surface area contributed by atoms with Crippen molar-refractivity contribution in [2.24, 2.45) is 4.99 Å². The molecule has 0 bridgehead atoms. The second kappa shape index (κ2) is 5.81. The predicted octanol–water partition coefficient (Wildman–Crippen LogP) is 3.81. The monoisotopic (exact) mass is 279 g/mol. The number of nitrogens with zero attached hydrogens (tertiary/aromatic N) is 2. The van der Waals surface area contributed by atoms with Crippen molar-refractivity contribution in [1.82, 2.24) is 0 Å². The first kappa shape index (κ1) is 12.8. The summed E-state index contributed by atoms with van der Waals surface area (Å²) in [5.41, 5.74) is 2.85. The minimum Gasteiger partial charge on any atom is -0.335 e. The standard InChI is InChI=1S/C16H13N3S/c17-10-12-5-4-8-14(9-12)19-16-18-11-15(20-16)13-6-2-1-3-7-13/h1-9,15H,11H2,(H,18,19). The SMILES string of the molecule is N#Cc1cccc(NC2=NCC(c3ccccc3)S2)c1. The first-order chi connectivity index (χ1) is 9.85. The highest BCUT2D eigenvalue weighted by Crippen LogP contribution is 2.35. The van der Waals surface area contributed by atoms with Crippen LogP contribution in [0.2, 0.25) is 0 Å². The second-order valence-electron chi connectivity index (χ2n) is 4.48. The van der Waals surface area contributed by atoms with Crippen molar-refractivity contribution in [2.45, 2.75) is 5.25 Å². The molecule has 3 rings (SSSR count). The first-order valence-corrected chi connectivity index (χ1v) is 7.26. The predicted molar refractivity (Wildman–Crippen MR) is 83.9 cm³/mol. The third kappa shape index (κ3) is 2.84. The molecule has 4 heteroatoms. The number of hydrogen-bond acceptors (Lipinski definition) is 4. The Morgan fingerprint density at radius 3 is 2.80 bits per heavy atom. The number of rotatable bonds is 2. The molecule has 1 unspecified atom stereocenters. The summed E-state index contributed by atoms with van der Waals surface area (Å²) in [5, 5.41) is 13.5. The fraction of sp³-hybridized carbons (Fsp3) is 0.125. The third-order valence-electron chi connectivity index (χ3n) is 3.07. The van der Waals surface area contributed by atoms with E-state index in [0.29, 0.717) is 10.8 Å². The minimum atomic E-state index is 0.373. The summed E-state index contributed by atoms with van der Waals surface area (Å²) < 4.78 is 0. The Morgan fingerprint density at radius 2 is 2.00 bits per heavy atom. The zero-order valence-corrected chi connectivity index (χ0v) is 11.6. The molecular weight excluding hydrogens is 266 g/mol. The largest absolute Gasteiger partial charge is 0.335 e. The molecule has 2 aromatic carbocycles. The smallest absolute Gasteiger partial charge is 0.161 e. The van der Waals surface area contributed by atoms with Crippen LogP contribution in [0.3, 0.4) is 0 Å². The second-order valence-corrected chi connectivity index (χ2v) is 5.67. The quantitative estimate of drug-likeness (QED) is 0.909. The molecule has 3 nitrogen and oxygen atoms in total. The van der Waals surface area contributed by atoms with Gasteiger partial charge in [0.1, 0.15) is 0 Å². The molecule has 1 aliphatic heterocycles. The molecule has 1 atom stereocenters. The molecule has 20 heavy (non-hydrogen) atoms. The van der Waals surface area contributed by atoms with E-state index in [0.717, 1.165) is 17.4 Å². The van der Waals surface area contributed by atoms with E-state index in [1.165, 1.54) is 5.56 Å². The highest BCUT2D eigenvalue weighted by atomic mass is 32.2. The normalized spacial score (nSPS) is 17.4. The molecule has 1 heterocycles. The van der Waals surface area contributed by atoms with Crippen LogP contribution >= 0.6 is 11.8 Å². The molecule has 0 radical (unpaired) electrons. The number of nitriles is 1. The van der Waals surface area contributed by atoms with Gasteiger partial charge in [-0.1, -0.05) is 48.2 Å². The Bertz CT molecular complexity index is 674. The molecule has 0 aliphatic carbocycles. The van der Waals surface area contributed by atoms with Gasteiger partial charge >= 0.3 is 0 Å². The molecule has 0 saturated heterocycles. The van der Waals surface area contributed by atoms with Crippen LogP contribution in [0, 0.1) is 11.3 Å². The zero-order chi connectivity index (χ0) is 13.8. The summed E-state index contributed by atoms with van der Waals surface area (Å²) >= 11 is 1.73. The molecule has 98 valence electrons. The molecule has 1 N–H and O–H groups in total. The maximum atomic E-state index is 8.90. The van der Waals surface area contributed by atoms with E-state index < -0.39 is 0 Å². The lowest BCUT2D eigenvalue weighted by atomic mass is 10.1. The highest BCUT2D eigenvalue weighted by Gasteiger charge is 2.21. The lowest BCUT2D eigenvalue weighted by Crippen LogP contribution is -2.05. The van der Waals surface area contributed by atoms with E-state index in [4.69, 9.17) is 5.26 Å². The van der Waals surface area contributed by atoms with Crippen LogP contribution in [0.1, 0.15) is 16.4 Å². The van der Waals surface area contributed by atoms with Gasteiger partial charge in [0.2, 0.25) is 0 Å². The Balaban J connectivity index is 1.67. The fourth-order valence-electron chi connectivity index (χ4n) is 2.08. The summed E-state index contributed by atoms with van der Waals surface area (Å²) in [4.78, 5) is 4.53. The summed E-state index contributed by atoms with van der Waals surface area (Å²) in [6, 6.07) is 20.0. The highest BCUT2D eigenvalue weighted by molar-refractivity contribution is 8.14. The van der Waals surface area contributed by atoms with Crippen LogP contribution in [-0.4, -0.2) is 11.7 Å². The van der Waals surface area contributed by atoms with E-state index >= 15 is 0 Å². The Kier molecular flexibility index (Phi) is 3.71. The van der Waals surface area contributed by atoms with E-state index in [9.17, 15) is 0 Å². The van der Waals surface area contributed by atoms with Crippen LogP contribution in [0.25, 0.3) is 0 Å². The molecule has 0 aromatic heterocycles. The van der Waals surface area contributed by atoms with Crippen molar-refractivity contribution in [3.05, 3.63) is 65.7 Å². The third-order valence-corrected chi connectivity index (χ3v) is 4.23. The lowest BCUT2D eigenvalue weighted by Gasteiger charge is -2.09. The van der Waals surface area contributed by atoms with Crippen molar-refractivity contribution >= 4 is 22.6 Å². The Morgan fingerprint density at radius 1 is 1.15 bits per heavy atom. The maximum Gasteiger partial charge on any atom is 0.161 e. The van der Waals surface area contributed by atoms with Gasteiger partial charge < -0.3 is 5.32 Å². The van der Waals surface area contributed by atoms with Crippen molar-refractivity contribution in [3.63, 3.8) is 0 Å². The Hall–Kier alpha value is -2.25. The molecular formula is C16H13N3S. The summed E-state index contributed by atoms with van der Waals surface area (Å²) in [7, 11) is 0. The molecule has 2 aromatic rings. The number of hydrogen-bond donors (Lipinski definition) is 1. The average Bonchev–Trinajstić information content (AvgIpc) is 2.97. The van der Waals surface area contributed by atoms with Gasteiger partial charge in [-0.2, -0.15) is 5.26 Å². The molecule has 0 saturated carbocycles. The Labute approximate surface area is 122 Å². The summed E-state index contributed by atoms with van der Waals surface area (Å²) in [5.74, 6) is 0. The van der Waals surface area contributed by atoms with Gasteiger partial charge in [0, 0.05) is 5.69 Å². The summed E-state index contributed by atoms with van der Waals surface area (Å²) in [6.45, 7) is 0.787. The van der Waals surface area contributed by atoms with Gasteiger partial charge in [0.15, 0.2) is 5.17 Å². The van der Waals surface area contributed by atoms with Gasteiger partial charge in [-0.3, -0.25) is 4.99 Å². The fourth-order valence-corrected chi connectivity index (χ4v) is 3.11. The molecule has 0 spiro atoms. The van der Waals surface area contributed by atoms with E-state index in [2.05, 4.69) is 40.6 Å². The van der Waals surface area contributed by atoms with Crippen LogP contribution in [0.5, 0.6) is 0 Å². The van der Waals surface area contributed by atoms with Crippen LogP contribution in [-0.2, 0) is 0 Å². The van der Waals surface area contributed by atoms with Crippen molar-refractivity contribution < 1.29 is 0 Å². The number of anilines is 1. The van der Waals surface area contributed by atoms with Gasteiger partial charge in [-0.25, -0.2) is 0 Å². The van der Waals surface area contributed by atoms with Crippen LogP contribution in [0.15, 0.2) is 59.6 Å². The number of benzene rings is 2. The van der Waals surface area contributed by atoms with E-state index in [1.807, 2.05) is 24.3 Å². The van der Waals surface area contributed by atoms with Crippen molar-refractivity contribution in [3.8, 4) is 6.07 Å². The van der Waals surface area contributed by atoms with E-state index in [-0.39, 0.29) is 0 Å². The summed E-state index contributed by atoms with van der Waals surface area (Å²) in [6.07, 6.45) is 0. The van der Waals surface area contributed by atoms with Gasteiger partial charge in [0.25, 0.3) is 0 Å². The number of thioether (sulfide) groups is 1. The molecule has 0 fully saturated rings. The van der Waals surface area contributed by atoms with Crippen LogP contribution in [0.4, 0.5) is 5.69 Å². The number of nitrogens with one attached hydrogen (secondary N) is 1. The first-order valence-electron chi connectivity index (χ1n) is 6.38. The van der Waals surface area contributed by atoms with Gasteiger partial charge in [-0.15, -0.1) is 0 Å². The molecule has 1 aliphatic rings.